The molecule has 4 nitrogen and oxygen atoms in total. The van der Waals surface area contributed by atoms with E-state index in [1.54, 1.807) is 11.3 Å². The van der Waals surface area contributed by atoms with Crippen LogP contribution < -0.4 is 10.6 Å². The van der Waals surface area contributed by atoms with Crippen molar-refractivity contribution in [1.82, 2.24) is 15.6 Å². The minimum absolute atomic E-state index is 0.456. The molecule has 1 aromatic rings. The molecule has 0 saturated heterocycles. The second-order valence-corrected chi connectivity index (χ2v) is 6.85. The van der Waals surface area contributed by atoms with E-state index in [4.69, 9.17) is 0 Å². The van der Waals surface area contributed by atoms with Gasteiger partial charge in [-0.05, 0) is 27.2 Å². The van der Waals surface area contributed by atoms with Crippen molar-refractivity contribution in [1.29, 1.82) is 0 Å². The first-order valence-corrected chi connectivity index (χ1v) is 8.78. The number of aromatic nitrogens is 1. The fourth-order valence-corrected chi connectivity index (χ4v) is 3.16. The van der Waals surface area contributed by atoms with E-state index < -0.39 is 0 Å². The molecule has 0 spiro atoms. The van der Waals surface area contributed by atoms with Gasteiger partial charge in [-0.1, -0.05) is 32.6 Å². The van der Waals surface area contributed by atoms with Crippen molar-refractivity contribution in [3.8, 4) is 0 Å². The van der Waals surface area contributed by atoms with E-state index in [-0.39, 0.29) is 0 Å². The van der Waals surface area contributed by atoms with Crippen LogP contribution >= 0.6 is 11.3 Å². The lowest BCUT2D eigenvalue weighted by molar-refractivity contribution is 0.537. The van der Waals surface area contributed by atoms with Gasteiger partial charge in [0.2, 0.25) is 0 Å². The molecule has 2 N–H and O–H groups in total. The summed E-state index contributed by atoms with van der Waals surface area (Å²) in [5.74, 6) is 0.878. The van der Waals surface area contributed by atoms with E-state index in [0.717, 1.165) is 23.2 Å². The maximum absolute atomic E-state index is 4.45. The Hall–Kier alpha value is -1.10. The second-order valence-electron chi connectivity index (χ2n) is 5.56. The zero-order valence-electron chi connectivity index (χ0n) is 14.1. The summed E-state index contributed by atoms with van der Waals surface area (Å²) >= 11 is 1.75. The molecule has 21 heavy (non-hydrogen) atoms. The summed E-state index contributed by atoms with van der Waals surface area (Å²) in [6.45, 7) is 9.37. The van der Waals surface area contributed by atoms with E-state index in [1.165, 1.54) is 37.0 Å². The number of aliphatic imine (C=N–C) groups is 1. The molecule has 5 heteroatoms. The summed E-state index contributed by atoms with van der Waals surface area (Å²) in [5, 5.41) is 7.97. The van der Waals surface area contributed by atoms with Crippen LogP contribution in [0.2, 0.25) is 0 Å². The fourth-order valence-electron chi connectivity index (χ4n) is 2.28. The lowest BCUT2D eigenvalue weighted by Gasteiger charge is -2.17. The van der Waals surface area contributed by atoms with Gasteiger partial charge in [-0.2, -0.15) is 0 Å². The third-order valence-corrected chi connectivity index (χ3v) is 4.59. The highest BCUT2D eigenvalue weighted by molar-refractivity contribution is 7.11. The minimum Gasteiger partial charge on any atom is -0.354 e. The maximum atomic E-state index is 4.45. The van der Waals surface area contributed by atoms with E-state index in [1.807, 2.05) is 14.0 Å². The highest BCUT2D eigenvalue weighted by Gasteiger charge is 2.08. The van der Waals surface area contributed by atoms with Gasteiger partial charge in [0, 0.05) is 18.0 Å². The van der Waals surface area contributed by atoms with Crippen LogP contribution in [0, 0.1) is 13.8 Å². The number of guanidine groups is 1. The zero-order chi connectivity index (χ0) is 15.7. The lowest BCUT2D eigenvalue weighted by atomic mass is 10.1. The van der Waals surface area contributed by atoms with Crippen molar-refractivity contribution in [3.63, 3.8) is 0 Å². The predicted molar refractivity (Wildman–Crippen MR) is 93.1 cm³/mol. The number of aryl methyl sites for hydroxylation is 2. The minimum atomic E-state index is 0.456. The molecule has 0 radical (unpaired) electrons. The third kappa shape index (κ3) is 6.93. The summed E-state index contributed by atoms with van der Waals surface area (Å²) in [4.78, 5) is 10.0. The van der Waals surface area contributed by atoms with Crippen molar-refractivity contribution in [2.75, 3.05) is 7.05 Å². The highest BCUT2D eigenvalue weighted by atomic mass is 32.1. The summed E-state index contributed by atoms with van der Waals surface area (Å²) in [6.07, 6.45) is 6.43. The van der Waals surface area contributed by atoms with Crippen LogP contribution in [0.5, 0.6) is 0 Å². The Morgan fingerprint density at radius 2 is 2.05 bits per heavy atom. The summed E-state index contributed by atoms with van der Waals surface area (Å²) in [7, 11) is 1.82. The molecule has 1 aromatic heterocycles. The molecule has 0 amide bonds. The van der Waals surface area contributed by atoms with Gasteiger partial charge in [-0.15, -0.1) is 11.3 Å². The Balaban J connectivity index is 2.33. The summed E-state index contributed by atoms with van der Waals surface area (Å²) in [5.41, 5.74) is 1.12. The topological polar surface area (TPSA) is 49.3 Å². The van der Waals surface area contributed by atoms with Crippen LogP contribution in [0.1, 0.15) is 61.5 Å². The number of nitrogens with one attached hydrogen (secondary N) is 2. The van der Waals surface area contributed by atoms with Gasteiger partial charge in [0.15, 0.2) is 5.96 Å². The summed E-state index contributed by atoms with van der Waals surface area (Å²) < 4.78 is 0. The molecular weight excluding hydrogens is 280 g/mol. The monoisotopic (exact) mass is 310 g/mol. The van der Waals surface area contributed by atoms with Crippen molar-refractivity contribution < 1.29 is 0 Å². The van der Waals surface area contributed by atoms with E-state index >= 15 is 0 Å². The Bertz CT molecular complexity index is 439. The van der Waals surface area contributed by atoms with Crippen molar-refractivity contribution >= 4 is 17.3 Å². The molecule has 0 saturated carbocycles. The Morgan fingerprint density at radius 3 is 2.62 bits per heavy atom. The van der Waals surface area contributed by atoms with Crippen molar-refractivity contribution in [2.45, 2.75) is 72.4 Å². The average Bonchev–Trinajstić information content (AvgIpc) is 2.77. The third-order valence-electron chi connectivity index (χ3n) is 3.51. The largest absolute Gasteiger partial charge is 0.354 e. The van der Waals surface area contributed by atoms with Gasteiger partial charge in [-0.3, -0.25) is 4.99 Å². The molecule has 1 atom stereocenters. The molecule has 0 bridgehead atoms. The van der Waals surface area contributed by atoms with Crippen molar-refractivity contribution in [2.24, 2.45) is 4.99 Å². The first-order valence-electron chi connectivity index (χ1n) is 7.96. The van der Waals surface area contributed by atoms with Gasteiger partial charge >= 0.3 is 0 Å². The lowest BCUT2D eigenvalue weighted by Crippen LogP contribution is -2.41. The molecule has 0 aromatic carbocycles. The fraction of sp³-hybridized carbons (Fsp3) is 0.750. The number of nitrogens with zero attached hydrogens (tertiary/aromatic N) is 2. The molecule has 0 aliphatic heterocycles. The number of unbranched alkanes of at least 4 members (excludes halogenated alkanes) is 3. The van der Waals surface area contributed by atoms with Crippen LogP contribution in [0.3, 0.4) is 0 Å². The predicted octanol–water partition coefficient (Wildman–Crippen LogP) is 3.78. The van der Waals surface area contributed by atoms with Crippen LogP contribution in [-0.2, 0) is 6.54 Å². The van der Waals surface area contributed by atoms with Crippen LogP contribution in [0.15, 0.2) is 4.99 Å². The maximum Gasteiger partial charge on any atom is 0.191 e. The molecule has 0 fully saturated rings. The normalized spacial score (nSPS) is 13.3. The molecule has 0 aliphatic rings. The standard InChI is InChI=1S/C16H30N4S/c1-6-7-8-9-10-12(2)19-16(17-5)18-11-15-13(3)20-14(4)21-15/h12H,6-11H2,1-5H3,(H2,17,18,19). The molecule has 1 heterocycles. The van der Waals surface area contributed by atoms with Gasteiger partial charge in [0.1, 0.15) is 0 Å². The van der Waals surface area contributed by atoms with Crippen LogP contribution in [0.25, 0.3) is 0 Å². The van der Waals surface area contributed by atoms with Gasteiger partial charge in [0.25, 0.3) is 0 Å². The molecule has 1 rings (SSSR count). The zero-order valence-corrected chi connectivity index (χ0v) is 14.9. The smallest absolute Gasteiger partial charge is 0.191 e. The van der Waals surface area contributed by atoms with E-state index in [2.05, 4.69) is 41.4 Å². The number of hydrogen-bond acceptors (Lipinski definition) is 3. The summed E-state index contributed by atoms with van der Waals surface area (Å²) in [6, 6.07) is 0.456. The molecule has 0 aliphatic carbocycles. The Kier molecular flexibility index (Phi) is 8.35. The van der Waals surface area contributed by atoms with Gasteiger partial charge < -0.3 is 10.6 Å². The Morgan fingerprint density at radius 1 is 1.29 bits per heavy atom. The van der Waals surface area contributed by atoms with Crippen molar-refractivity contribution in [3.05, 3.63) is 15.6 Å². The highest BCUT2D eigenvalue weighted by Crippen LogP contribution is 2.16. The van der Waals surface area contributed by atoms with E-state index in [9.17, 15) is 0 Å². The number of rotatable bonds is 8. The molecular formula is C16H30N4S. The first kappa shape index (κ1) is 18.0. The van der Waals surface area contributed by atoms with Gasteiger partial charge in [0.05, 0.1) is 17.2 Å². The number of hydrogen-bond donors (Lipinski definition) is 2. The number of thiazole rings is 1. The van der Waals surface area contributed by atoms with Crippen LogP contribution in [0.4, 0.5) is 0 Å². The Labute approximate surface area is 133 Å². The average molecular weight is 311 g/mol. The SMILES string of the molecule is CCCCCCC(C)NC(=NC)NCc1sc(C)nc1C. The first-order chi connectivity index (χ1) is 10.1. The van der Waals surface area contributed by atoms with Crippen LogP contribution in [-0.4, -0.2) is 24.0 Å². The molecule has 120 valence electrons. The van der Waals surface area contributed by atoms with E-state index in [0.29, 0.717) is 6.04 Å². The van der Waals surface area contributed by atoms with Gasteiger partial charge in [-0.25, -0.2) is 4.98 Å². The second kappa shape index (κ2) is 9.77. The molecule has 1 unspecified atom stereocenters. The quantitative estimate of drug-likeness (QED) is 0.436.